The Bertz CT molecular complexity index is 458. The summed E-state index contributed by atoms with van der Waals surface area (Å²) >= 11 is 5.71. The molecule has 0 saturated carbocycles. The first kappa shape index (κ1) is 9.93. The summed E-state index contributed by atoms with van der Waals surface area (Å²) in [6.07, 6.45) is 1.35. The molecule has 0 radical (unpaired) electrons. The second-order valence-electron chi connectivity index (χ2n) is 2.87. The van der Waals surface area contributed by atoms with Crippen molar-refractivity contribution in [3.05, 3.63) is 53.6 Å². The second-order valence-corrected chi connectivity index (χ2v) is 3.31. The normalized spacial score (nSPS) is 10.0. The zero-order valence-electron chi connectivity index (χ0n) is 7.65. The van der Waals surface area contributed by atoms with Gasteiger partial charge in [-0.2, -0.15) is 4.39 Å². The van der Waals surface area contributed by atoms with E-state index in [0.717, 1.165) is 0 Å². The van der Waals surface area contributed by atoms with Gasteiger partial charge >= 0.3 is 0 Å². The van der Waals surface area contributed by atoms with E-state index in [1.54, 1.807) is 30.3 Å². The van der Waals surface area contributed by atoms with Crippen molar-refractivity contribution in [2.75, 3.05) is 0 Å². The molecule has 1 heterocycles. The SMILES string of the molecule is Fc1cc(Oc2ccc(Cl)cc2)ccn1. The summed E-state index contributed by atoms with van der Waals surface area (Å²) in [5.41, 5.74) is 0. The maximum Gasteiger partial charge on any atom is 0.216 e. The highest BCUT2D eigenvalue weighted by molar-refractivity contribution is 6.30. The highest BCUT2D eigenvalue weighted by Gasteiger charge is 1.99. The van der Waals surface area contributed by atoms with Crippen LogP contribution in [-0.2, 0) is 0 Å². The Labute approximate surface area is 91.3 Å². The third-order valence-corrected chi connectivity index (χ3v) is 2.00. The zero-order valence-corrected chi connectivity index (χ0v) is 8.41. The lowest BCUT2D eigenvalue weighted by Crippen LogP contribution is -1.86. The van der Waals surface area contributed by atoms with Crippen LogP contribution in [0.4, 0.5) is 4.39 Å². The van der Waals surface area contributed by atoms with Gasteiger partial charge < -0.3 is 4.74 Å². The molecule has 15 heavy (non-hydrogen) atoms. The second kappa shape index (κ2) is 4.28. The Hall–Kier alpha value is -1.61. The van der Waals surface area contributed by atoms with Crippen LogP contribution < -0.4 is 4.74 Å². The van der Waals surface area contributed by atoms with Crippen molar-refractivity contribution in [3.8, 4) is 11.5 Å². The van der Waals surface area contributed by atoms with Crippen molar-refractivity contribution in [1.82, 2.24) is 4.98 Å². The number of benzene rings is 1. The minimum atomic E-state index is -0.568. The molecule has 4 heteroatoms. The molecule has 2 nitrogen and oxygen atoms in total. The fraction of sp³-hybridized carbons (Fsp3) is 0. The van der Waals surface area contributed by atoms with Crippen molar-refractivity contribution >= 4 is 11.6 Å². The minimum Gasteiger partial charge on any atom is -0.457 e. The van der Waals surface area contributed by atoms with Gasteiger partial charge in [0, 0.05) is 17.3 Å². The first-order chi connectivity index (χ1) is 7.24. The summed E-state index contributed by atoms with van der Waals surface area (Å²) in [6.45, 7) is 0. The summed E-state index contributed by atoms with van der Waals surface area (Å²) in [5, 5.41) is 0.628. The molecule has 0 atom stereocenters. The molecule has 1 aromatic heterocycles. The van der Waals surface area contributed by atoms with Gasteiger partial charge in [-0.25, -0.2) is 4.98 Å². The number of ether oxygens (including phenoxy) is 1. The molecule has 0 aliphatic heterocycles. The lowest BCUT2D eigenvalue weighted by Gasteiger charge is -2.04. The molecule has 0 unspecified atom stereocenters. The predicted octanol–water partition coefficient (Wildman–Crippen LogP) is 3.67. The number of hydrogen-bond acceptors (Lipinski definition) is 2. The van der Waals surface area contributed by atoms with Crippen LogP contribution in [0, 0.1) is 5.95 Å². The molecule has 2 aromatic rings. The van der Waals surface area contributed by atoms with Gasteiger partial charge in [-0.15, -0.1) is 0 Å². The summed E-state index contributed by atoms with van der Waals surface area (Å²) in [6, 6.07) is 9.62. The number of hydrogen-bond donors (Lipinski definition) is 0. The number of rotatable bonds is 2. The van der Waals surface area contributed by atoms with Crippen molar-refractivity contribution in [2.45, 2.75) is 0 Å². The van der Waals surface area contributed by atoms with Crippen molar-refractivity contribution in [1.29, 1.82) is 0 Å². The quantitative estimate of drug-likeness (QED) is 0.725. The van der Waals surface area contributed by atoms with Gasteiger partial charge in [0.05, 0.1) is 0 Å². The fourth-order valence-electron chi connectivity index (χ4n) is 1.09. The molecule has 0 amide bonds. The third-order valence-electron chi connectivity index (χ3n) is 1.75. The van der Waals surface area contributed by atoms with E-state index in [4.69, 9.17) is 16.3 Å². The largest absolute Gasteiger partial charge is 0.457 e. The molecule has 0 saturated heterocycles. The molecule has 2 rings (SSSR count). The van der Waals surface area contributed by atoms with E-state index in [1.807, 2.05) is 0 Å². The van der Waals surface area contributed by atoms with E-state index in [-0.39, 0.29) is 0 Å². The average Bonchev–Trinajstić information content (AvgIpc) is 2.22. The van der Waals surface area contributed by atoms with E-state index in [0.29, 0.717) is 16.5 Å². The first-order valence-corrected chi connectivity index (χ1v) is 4.67. The van der Waals surface area contributed by atoms with E-state index in [2.05, 4.69) is 4.98 Å². The van der Waals surface area contributed by atoms with Gasteiger partial charge in [0.15, 0.2) is 0 Å². The smallest absolute Gasteiger partial charge is 0.216 e. The van der Waals surface area contributed by atoms with Gasteiger partial charge in [0.25, 0.3) is 0 Å². The lowest BCUT2D eigenvalue weighted by atomic mass is 10.3. The molecule has 0 N–H and O–H groups in total. The molecule has 0 aliphatic rings. The minimum absolute atomic E-state index is 0.407. The maximum absolute atomic E-state index is 12.7. The molecule has 0 bridgehead atoms. The number of pyridine rings is 1. The van der Waals surface area contributed by atoms with Gasteiger partial charge in [-0.1, -0.05) is 11.6 Å². The van der Waals surface area contributed by atoms with Crippen molar-refractivity contribution in [3.63, 3.8) is 0 Å². The van der Waals surface area contributed by atoms with Crippen LogP contribution in [0.1, 0.15) is 0 Å². The summed E-state index contributed by atoms with van der Waals surface area (Å²) in [7, 11) is 0. The Kier molecular flexibility index (Phi) is 2.83. The van der Waals surface area contributed by atoms with Crippen molar-refractivity contribution < 1.29 is 9.13 Å². The Morgan fingerprint density at radius 1 is 1.07 bits per heavy atom. The van der Waals surface area contributed by atoms with Crippen LogP contribution in [-0.4, -0.2) is 4.98 Å². The Morgan fingerprint density at radius 3 is 2.47 bits per heavy atom. The van der Waals surface area contributed by atoms with Crippen LogP contribution in [0.3, 0.4) is 0 Å². The topological polar surface area (TPSA) is 22.1 Å². The van der Waals surface area contributed by atoms with Crippen LogP contribution in [0.2, 0.25) is 5.02 Å². The van der Waals surface area contributed by atoms with Gasteiger partial charge in [0.2, 0.25) is 5.95 Å². The van der Waals surface area contributed by atoms with E-state index < -0.39 is 5.95 Å². The summed E-state index contributed by atoms with van der Waals surface area (Å²) in [5.74, 6) is 0.441. The van der Waals surface area contributed by atoms with E-state index >= 15 is 0 Å². The Morgan fingerprint density at radius 2 is 1.80 bits per heavy atom. The maximum atomic E-state index is 12.7. The monoisotopic (exact) mass is 223 g/mol. The zero-order chi connectivity index (χ0) is 10.7. The van der Waals surface area contributed by atoms with Gasteiger partial charge in [-0.05, 0) is 30.3 Å². The Balaban J connectivity index is 2.18. The van der Waals surface area contributed by atoms with Gasteiger partial charge in [-0.3, -0.25) is 0 Å². The predicted molar refractivity (Wildman–Crippen MR) is 55.7 cm³/mol. The molecule has 0 spiro atoms. The molecule has 76 valence electrons. The van der Waals surface area contributed by atoms with Crippen LogP contribution in [0.25, 0.3) is 0 Å². The highest BCUT2D eigenvalue weighted by atomic mass is 35.5. The number of aromatic nitrogens is 1. The molecular formula is C11H7ClFNO. The lowest BCUT2D eigenvalue weighted by molar-refractivity contribution is 0.472. The third kappa shape index (κ3) is 2.67. The summed E-state index contributed by atoms with van der Waals surface area (Å²) < 4.78 is 18.1. The molecule has 1 aromatic carbocycles. The van der Waals surface area contributed by atoms with E-state index in [9.17, 15) is 4.39 Å². The standard InChI is InChI=1S/C11H7ClFNO/c12-8-1-3-9(4-2-8)15-10-5-6-14-11(13)7-10/h1-7H. The van der Waals surface area contributed by atoms with Crippen LogP contribution >= 0.6 is 11.6 Å². The van der Waals surface area contributed by atoms with E-state index in [1.165, 1.54) is 12.3 Å². The van der Waals surface area contributed by atoms with Crippen LogP contribution in [0.15, 0.2) is 42.6 Å². The first-order valence-electron chi connectivity index (χ1n) is 4.29. The molecular weight excluding hydrogens is 217 g/mol. The van der Waals surface area contributed by atoms with Gasteiger partial charge in [0.1, 0.15) is 11.5 Å². The highest BCUT2D eigenvalue weighted by Crippen LogP contribution is 2.22. The molecule has 0 fully saturated rings. The fourth-order valence-corrected chi connectivity index (χ4v) is 1.21. The number of halogens is 2. The summed E-state index contributed by atoms with van der Waals surface area (Å²) in [4.78, 5) is 3.43. The number of nitrogens with zero attached hydrogens (tertiary/aromatic N) is 1. The average molecular weight is 224 g/mol. The molecule has 0 aliphatic carbocycles. The van der Waals surface area contributed by atoms with Crippen LogP contribution in [0.5, 0.6) is 11.5 Å². The van der Waals surface area contributed by atoms with Crippen molar-refractivity contribution in [2.24, 2.45) is 0 Å².